The minimum Gasteiger partial charge on any atom is -0.472 e. The predicted molar refractivity (Wildman–Crippen MR) is 126 cm³/mol. The minimum absolute atomic E-state index is 0.125. The van der Waals surface area contributed by atoms with Gasteiger partial charge in [-0.25, -0.2) is 17.7 Å². The lowest BCUT2D eigenvalue weighted by molar-refractivity contribution is 0.0373. The zero-order valence-corrected chi connectivity index (χ0v) is 20.8. The standard InChI is InChI=1S/C24H35N3O5S/c1-17-14-27(18(2)16-28)24(29)21-12-20(11-10-19-8-6-5-7-9-19)13-25-23(21)32-22(17)15-26(3)33(4,30)31/h12-13,17-19,22,28H,5-9,14-16H2,1-4H3/t17-,18+,22+/m0/s1. The maximum absolute atomic E-state index is 13.4. The smallest absolute Gasteiger partial charge is 0.259 e. The van der Waals surface area contributed by atoms with Crippen molar-refractivity contribution in [2.45, 2.75) is 58.1 Å². The first kappa shape index (κ1) is 25.5. The first-order chi connectivity index (χ1) is 15.6. The Morgan fingerprint density at radius 1 is 1.33 bits per heavy atom. The van der Waals surface area contributed by atoms with Gasteiger partial charge in [-0.1, -0.05) is 38.0 Å². The van der Waals surface area contributed by atoms with Crippen molar-refractivity contribution in [2.75, 3.05) is 33.0 Å². The molecule has 0 bridgehead atoms. The van der Waals surface area contributed by atoms with E-state index in [4.69, 9.17) is 4.74 Å². The van der Waals surface area contributed by atoms with E-state index in [1.165, 1.54) is 30.6 Å². The normalized spacial score (nSPS) is 23.1. The number of hydrogen-bond donors (Lipinski definition) is 1. The van der Waals surface area contributed by atoms with E-state index in [-0.39, 0.29) is 36.4 Å². The Hall–Kier alpha value is -2.15. The number of pyridine rings is 1. The fourth-order valence-electron chi connectivity index (χ4n) is 4.21. The van der Waals surface area contributed by atoms with E-state index >= 15 is 0 Å². The summed E-state index contributed by atoms with van der Waals surface area (Å²) in [5.74, 6) is 6.57. The van der Waals surface area contributed by atoms with Crippen molar-refractivity contribution in [3.05, 3.63) is 23.4 Å². The number of ether oxygens (including phenoxy) is 1. The SMILES string of the molecule is C[C@H](CO)N1C[C@H](C)[C@@H](CN(C)S(C)(=O)=O)Oc2ncc(C#CC3CCCCC3)cc2C1=O. The number of amides is 1. The third-order valence-corrected chi connectivity index (χ3v) is 7.83. The van der Waals surface area contributed by atoms with Crippen molar-refractivity contribution in [2.24, 2.45) is 11.8 Å². The number of sulfonamides is 1. The van der Waals surface area contributed by atoms with Gasteiger partial charge >= 0.3 is 0 Å². The highest BCUT2D eigenvalue weighted by atomic mass is 32.2. The summed E-state index contributed by atoms with van der Waals surface area (Å²) in [4.78, 5) is 19.4. The molecule has 33 heavy (non-hydrogen) atoms. The lowest BCUT2D eigenvalue weighted by atomic mass is 9.90. The summed E-state index contributed by atoms with van der Waals surface area (Å²) in [6.45, 7) is 3.95. The molecule has 3 rings (SSSR count). The van der Waals surface area contributed by atoms with Gasteiger partial charge in [0.1, 0.15) is 11.7 Å². The van der Waals surface area contributed by atoms with E-state index in [0.717, 1.165) is 19.1 Å². The van der Waals surface area contributed by atoms with Crippen LogP contribution in [0.5, 0.6) is 5.88 Å². The maximum atomic E-state index is 13.4. The number of aromatic nitrogens is 1. The summed E-state index contributed by atoms with van der Waals surface area (Å²) < 4.78 is 31.3. The molecule has 3 atom stereocenters. The van der Waals surface area contributed by atoms with Crippen molar-refractivity contribution in [1.82, 2.24) is 14.2 Å². The van der Waals surface area contributed by atoms with Crippen molar-refractivity contribution < 1.29 is 23.1 Å². The third kappa shape index (κ3) is 6.46. The van der Waals surface area contributed by atoms with Crippen LogP contribution in [0.4, 0.5) is 0 Å². The average Bonchev–Trinajstić information content (AvgIpc) is 2.79. The first-order valence-electron chi connectivity index (χ1n) is 11.6. The lowest BCUT2D eigenvalue weighted by Gasteiger charge is -2.37. The Kier molecular flexibility index (Phi) is 8.38. The molecule has 2 aliphatic rings. The van der Waals surface area contributed by atoms with Crippen LogP contribution >= 0.6 is 0 Å². The second-order valence-electron chi connectivity index (χ2n) is 9.35. The Labute approximate surface area is 197 Å². The third-order valence-electron chi connectivity index (χ3n) is 6.55. The summed E-state index contributed by atoms with van der Waals surface area (Å²) in [5.41, 5.74) is 0.927. The van der Waals surface area contributed by atoms with Gasteiger partial charge in [0.2, 0.25) is 15.9 Å². The van der Waals surface area contributed by atoms with Gasteiger partial charge in [-0.2, -0.15) is 0 Å². The summed E-state index contributed by atoms with van der Waals surface area (Å²) in [6.07, 6.45) is 8.09. The molecule has 0 radical (unpaired) electrons. The molecular weight excluding hydrogens is 442 g/mol. The molecule has 0 saturated heterocycles. The van der Waals surface area contributed by atoms with Crippen LogP contribution in [0.2, 0.25) is 0 Å². The molecule has 1 aliphatic carbocycles. The zero-order chi connectivity index (χ0) is 24.2. The number of aliphatic hydroxyl groups excluding tert-OH is 1. The molecular formula is C24H35N3O5S. The molecule has 1 N–H and O–H groups in total. The molecule has 182 valence electrons. The molecule has 1 aliphatic heterocycles. The van der Waals surface area contributed by atoms with Gasteiger partial charge < -0.3 is 14.7 Å². The number of fused-ring (bicyclic) bond motifs is 1. The van der Waals surface area contributed by atoms with Crippen molar-refractivity contribution in [3.63, 3.8) is 0 Å². The molecule has 8 nitrogen and oxygen atoms in total. The first-order valence-corrected chi connectivity index (χ1v) is 13.5. The second-order valence-corrected chi connectivity index (χ2v) is 11.4. The summed E-state index contributed by atoms with van der Waals surface area (Å²) >= 11 is 0. The van der Waals surface area contributed by atoms with Crippen molar-refractivity contribution >= 4 is 15.9 Å². The highest BCUT2D eigenvalue weighted by Crippen LogP contribution is 2.28. The van der Waals surface area contributed by atoms with Crippen LogP contribution in [0, 0.1) is 23.7 Å². The van der Waals surface area contributed by atoms with Gasteiger partial charge in [0.25, 0.3) is 5.91 Å². The highest BCUT2D eigenvalue weighted by molar-refractivity contribution is 7.88. The Morgan fingerprint density at radius 2 is 2.03 bits per heavy atom. The Bertz CT molecular complexity index is 1010. The lowest BCUT2D eigenvalue weighted by Crippen LogP contribution is -2.50. The van der Waals surface area contributed by atoms with Crippen LogP contribution in [-0.2, 0) is 10.0 Å². The molecule has 1 amide bonds. The zero-order valence-electron chi connectivity index (χ0n) is 20.0. The van der Waals surface area contributed by atoms with Gasteiger partial charge in [-0.3, -0.25) is 4.79 Å². The second kappa shape index (κ2) is 10.9. The van der Waals surface area contributed by atoms with E-state index in [9.17, 15) is 18.3 Å². The van der Waals surface area contributed by atoms with Crippen molar-refractivity contribution in [1.29, 1.82) is 0 Å². The van der Waals surface area contributed by atoms with Gasteiger partial charge in [0, 0.05) is 37.2 Å². The quantitative estimate of drug-likeness (QED) is 0.652. The van der Waals surface area contributed by atoms with Crippen LogP contribution in [0.3, 0.4) is 0 Å². The van der Waals surface area contributed by atoms with E-state index < -0.39 is 22.2 Å². The minimum atomic E-state index is -3.40. The van der Waals surface area contributed by atoms with E-state index in [1.54, 1.807) is 24.1 Å². The number of carbonyl (C=O) groups excluding carboxylic acids is 1. The highest BCUT2D eigenvalue weighted by Gasteiger charge is 2.35. The topological polar surface area (TPSA) is 100 Å². The summed E-state index contributed by atoms with van der Waals surface area (Å²) in [7, 11) is -1.90. The van der Waals surface area contributed by atoms with Gasteiger partial charge in [-0.15, -0.1) is 0 Å². The van der Waals surface area contributed by atoms with Crippen LogP contribution in [0.15, 0.2) is 12.3 Å². The molecule has 0 spiro atoms. The molecule has 1 aromatic heterocycles. The summed E-state index contributed by atoms with van der Waals surface area (Å²) in [5, 5.41) is 9.75. The van der Waals surface area contributed by atoms with Crippen LogP contribution in [0.25, 0.3) is 0 Å². The molecule has 1 fully saturated rings. The van der Waals surface area contributed by atoms with E-state index in [2.05, 4.69) is 16.8 Å². The molecule has 1 aromatic rings. The predicted octanol–water partition coefficient (Wildman–Crippen LogP) is 2.12. The van der Waals surface area contributed by atoms with Crippen LogP contribution < -0.4 is 4.74 Å². The monoisotopic (exact) mass is 477 g/mol. The van der Waals surface area contributed by atoms with Crippen molar-refractivity contribution in [3.8, 4) is 17.7 Å². The number of carbonyl (C=O) groups is 1. The average molecular weight is 478 g/mol. The Balaban J connectivity index is 1.96. The maximum Gasteiger partial charge on any atom is 0.259 e. The molecule has 1 saturated carbocycles. The number of hydrogen-bond acceptors (Lipinski definition) is 6. The van der Waals surface area contributed by atoms with Gasteiger partial charge in [0.05, 0.1) is 25.4 Å². The number of aliphatic hydroxyl groups is 1. The number of nitrogens with zero attached hydrogens (tertiary/aromatic N) is 3. The summed E-state index contributed by atoms with van der Waals surface area (Å²) in [6, 6.07) is 1.29. The van der Waals surface area contributed by atoms with Crippen LogP contribution in [-0.4, -0.2) is 78.8 Å². The number of rotatable bonds is 5. The molecule has 9 heteroatoms. The van der Waals surface area contributed by atoms with Gasteiger partial charge in [-0.05, 0) is 25.8 Å². The fraction of sp³-hybridized carbons (Fsp3) is 0.667. The molecule has 0 aromatic carbocycles. The van der Waals surface area contributed by atoms with E-state index in [0.29, 0.717) is 18.0 Å². The van der Waals surface area contributed by atoms with E-state index in [1.807, 2.05) is 6.92 Å². The molecule has 0 unspecified atom stereocenters. The van der Waals surface area contributed by atoms with Crippen LogP contribution in [0.1, 0.15) is 61.9 Å². The van der Waals surface area contributed by atoms with Gasteiger partial charge in [0.15, 0.2) is 0 Å². The number of likely N-dealkylation sites (N-methyl/N-ethyl adjacent to an activating group) is 1. The largest absolute Gasteiger partial charge is 0.472 e. The molecule has 2 heterocycles. The fourth-order valence-corrected chi connectivity index (χ4v) is 4.63. The Morgan fingerprint density at radius 3 is 2.67 bits per heavy atom.